The fraction of sp³-hybridized carbons (Fsp3) is 0.267. The highest BCUT2D eigenvalue weighted by Crippen LogP contribution is 2.32. The van der Waals surface area contributed by atoms with Crippen LogP contribution in [0.2, 0.25) is 5.15 Å². The van der Waals surface area contributed by atoms with E-state index < -0.39 is 6.61 Å². The minimum Gasteiger partial charge on any atom is -0.494 e. The Labute approximate surface area is 141 Å². The summed E-state index contributed by atoms with van der Waals surface area (Å²) in [6, 6.07) is 4.39. The lowest BCUT2D eigenvalue weighted by atomic mass is 10.2. The van der Waals surface area contributed by atoms with Crippen molar-refractivity contribution in [2.45, 2.75) is 20.5 Å². The van der Waals surface area contributed by atoms with E-state index in [0.29, 0.717) is 34.2 Å². The molecule has 0 atom stereocenters. The van der Waals surface area contributed by atoms with E-state index in [1.807, 2.05) is 0 Å². The van der Waals surface area contributed by atoms with E-state index in [-0.39, 0.29) is 10.9 Å². The summed E-state index contributed by atoms with van der Waals surface area (Å²) in [6.45, 7) is 0.580. The monoisotopic (exact) mass is 354 g/mol. The minimum absolute atomic E-state index is 0.00323. The standard InChI is InChI=1S/C15H13ClF2N4O2/c1-7-19-13(16)12-14(20-7)22(8(2)21-12)10-5-4-9(24-15(17)18)6-11(10)23-3/h4-6,15H,1-3H3. The van der Waals surface area contributed by atoms with E-state index in [1.165, 1.54) is 19.2 Å². The zero-order valence-corrected chi connectivity index (χ0v) is 13.8. The molecule has 2 aromatic heterocycles. The lowest BCUT2D eigenvalue weighted by molar-refractivity contribution is -0.0499. The summed E-state index contributed by atoms with van der Waals surface area (Å²) in [7, 11) is 1.44. The van der Waals surface area contributed by atoms with Gasteiger partial charge in [-0.05, 0) is 26.0 Å². The summed E-state index contributed by atoms with van der Waals surface area (Å²) in [4.78, 5) is 12.8. The Kier molecular flexibility index (Phi) is 4.23. The number of imidazole rings is 1. The molecule has 0 radical (unpaired) electrons. The third kappa shape index (κ3) is 2.84. The van der Waals surface area contributed by atoms with Gasteiger partial charge in [-0.3, -0.25) is 4.57 Å². The second-order valence-corrected chi connectivity index (χ2v) is 5.30. The lowest BCUT2D eigenvalue weighted by Crippen LogP contribution is -2.05. The van der Waals surface area contributed by atoms with E-state index in [1.54, 1.807) is 24.5 Å². The van der Waals surface area contributed by atoms with Crippen LogP contribution in [0.4, 0.5) is 8.78 Å². The average Bonchev–Trinajstić information content (AvgIpc) is 2.83. The van der Waals surface area contributed by atoms with Gasteiger partial charge >= 0.3 is 6.61 Å². The average molecular weight is 355 g/mol. The molecule has 0 bridgehead atoms. The highest BCUT2D eigenvalue weighted by Gasteiger charge is 2.18. The van der Waals surface area contributed by atoms with E-state index in [0.717, 1.165) is 0 Å². The number of ether oxygens (including phenoxy) is 2. The number of methoxy groups -OCH3 is 1. The first kappa shape index (κ1) is 16.4. The molecule has 0 spiro atoms. The molecule has 0 aliphatic heterocycles. The van der Waals surface area contributed by atoms with Gasteiger partial charge in [-0.25, -0.2) is 15.0 Å². The molecule has 3 aromatic rings. The molecule has 0 unspecified atom stereocenters. The number of fused-ring (bicyclic) bond motifs is 1. The maximum absolute atomic E-state index is 12.4. The Morgan fingerprint density at radius 2 is 1.92 bits per heavy atom. The van der Waals surface area contributed by atoms with Crippen molar-refractivity contribution >= 4 is 22.8 Å². The van der Waals surface area contributed by atoms with Crippen molar-refractivity contribution in [1.29, 1.82) is 0 Å². The molecule has 0 fully saturated rings. The molecular formula is C15H13ClF2N4O2. The zero-order chi connectivity index (χ0) is 17.4. The third-order valence-electron chi connectivity index (χ3n) is 3.36. The van der Waals surface area contributed by atoms with Gasteiger partial charge in [-0.15, -0.1) is 0 Å². The molecular weight excluding hydrogens is 342 g/mol. The van der Waals surface area contributed by atoms with Crippen LogP contribution < -0.4 is 9.47 Å². The van der Waals surface area contributed by atoms with E-state index in [4.69, 9.17) is 16.3 Å². The normalized spacial score (nSPS) is 11.3. The first-order chi connectivity index (χ1) is 11.4. The summed E-state index contributed by atoms with van der Waals surface area (Å²) >= 11 is 6.13. The molecule has 6 nitrogen and oxygen atoms in total. The van der Waals surface area contributed by atoms with Crippen molar-refractivity contribution in [3.63, 3.8) is 0 Å². The van der Waals surface area contributed by atoms with Gasteiger partial charge in [0.1, 0.15) is 28.7 Å². The van der Waals surface area contributed by atoms with Crippen molar-refractivity contribution in [3.05, 3.63) is 35.0 Å². The Hall–Kier alpha value is -2.48. The largest absolute Gasteiger partial charge is 0.494 e. The van der Waals surface area contributed by atoms with Gasteiger partial charge in [0.15, 0.2) is 10.8 Å². The Morgan fingerprint density at radius 3 is 2.58 bits per heavy atom. The zero-order valence-electron chi connectivity index (χ0n) is 13.0. The SMILES string of the molecule is COc1cc(OC(F)F)ccc1-n1c(C)nc2c(Cl)nc(C)nc21. The molecule has 126 valence electrons. The van der Waals surface area contributed by atoms with Gasteiger partial charge in [0.25, 0.3) is 0 Å². The van der Waals surface area contributed by atoms with Crippen molar-refractivity contribution < 1.29 is 18.3 Å². The Morgan fingerprint density at radius 1 is 1.17 bits per heavy atom. The summed E-state index contributed by atoms with van der Waals surface area (Å²) in [5.41, 5.74) is 1.54. The van der Waals surface area contributed by atoms with Crippen LogP contribution in [-0.2, 0) is 0 Å². The van der Waals surface area contributed by atoms with Crippen LogP contribution in [0.25, 0.3) is 16.9 Å². The second-order valence-electron chi connectivity index (χ2n) is 4.94. The lowest BCUT2D eigenvalue weighted by Gasteiger charge is -2.13. The molecule has 24 heavy (non-hydrogen) atoms. The van der Waals surface area contributed by atoms with Gasteiger partial charge in [-0.2, -0.15) is 8.78 Å². The molecule has 0 aliphatic rings. The van der Waals surface area contributed by atoms with Crippen LogP contribution in [0, 0.1) is 13.8 Å². The van der Waals surface area contributed by atoms with E-state index >= 15 is 0 Å². The molecule has 0 amide bonds. The molecule has 0 saturated heterocycles. The maximum atomic E-state index is 12.4. The van der Waals surface area contributed by atoms with Crippen LogP contribution in [0.5, 0.6) is 11.5 Å². The molecule has 1 aromatic carbocycles. The topological polar surface area (TPSA) is 62.1 Å². The van der Waals surface area contributed by atoms with Crippen LogP contribution in [0.1, 0.15) is 11.6 Å². The summed E-state index contributed by atoms with van der Waals surface area (Å²) in [5, 5.41) is 0.246. The van der Waals surface area contributed by atoms with Crippen LogP contribution in [0.3, 0.4) is 0 Å². The number of aromatic nitrogens is 4. The second kappa shape index (κ2) is 6.20. The van der Waals surface area contributed by atoms with Crippen molar-refractivity contribution in [2.75, 3.05) is 7.11 Å². The predicted octanol–water partition coefficient (Wildman–Crippen LogP) is 3.70. The Balaban J connectivity index is 2.22. The summed E-state index contributed by atoms with van der Waals surface area (Å²) in [6.07, 6.45) is 0. The number of nitrogens with zero attached hydrogens (tertiary/aromatic N) is 4. The maximum Gasteiger partial charge on any atom is 0.387 e. The Bertz CT molecular complexity index is 914. The number of alkyl halides is 2. The molecule has 0 saturated carbocycles. The van der Waals surface area contributed by atoms with Gasteiger partial charge < -0.3 is 9.47 Å². The predicted molar refractivity (Wildman–Crippen MR) is 84.3 cm³/mol. The third-order valence-corrected chi connectivity index (χ3v) is 3.62. The number of benzene rings is 1. The highest BCUT2D eigenvalue weighted by atomic mass is 35.5. The quantitative estimate of drug-likeness (QED) is 0.668. The van der Waals surface area contributed by atoms with Crippen LogP contribution in [0.15, 0.2) is 18.2 Å². The highest BCUT2D eigenvalue weighted by molar-refractivity contribution is 6.33. The number of hydrogen-bond acceptors (Lipinski definition) is 5. The molecule has 9 heteroatoms. The first-order valence-corrected chi connectivity index (χ1v) is 7.31. The van der Waals surface area contributed by atoms with Crippen molar-refractivity contribution in [1.82, 2.24) is 19.5 Å². The molecule has 3 rings (SSSR count). The van der Waals surface area contributed by atoms with Crippen molar-refractivity contribution in [2.24, 2.45) is 0 Å². The van der Waals surface area contributed by atoms with Gasteiger partial charge in [0.2, 0.25) is 0 Å². The number of aryl methyl sites for hydroxylation is 2. The van der Waals surface area contributed by atoms with E-state index in [2.05, 4.69) is 19.7 Å². The smallest absolute Gasteiger partial charge is 0.387 e. The van der Waals surface area contributed by atoms with Crippen LogP contribution >= 0.6 is 11.6 Å². The number of halogens is 3. The molecule has 2 heterocycles. The van der Waals surface area contributed by atoms with Crippen LogP contribution in [-0.4, -0.2) is 33.2 Å². The van der Waals surface area contributed by atoms with Gasteiger partial charge in [-0.1, -0.05) is 11.6 Å². The van der Waals surface area contributed by atoms with E-state index in [9.17, 15) is 8.78 Å². The van der Waals surface area contributed by atoms with Gasteiger partial charge in [0, 0.05) is 6.07 Å². The number of rotatable bonds is 4. The molecule has 0 N–H and O–H groups in total. The fourth-order valence-electron chi connectivity index (χ4n) is 2.44. The summed E-state index contributed by atoms with van der Waals surface area (Å²) in [5.74, 6) is 1.43. The first-order valence-electron chi connectivity index (χ1n) is 6.93. The minimum atomic E-state index is -2.91. The van der Waals surface area contributed by atoms with Crippen molar-refractivity contribution in [3.8, 4) is 17.2 Å². The summed E-state index contributed by atoms with van der Waals surface area (Å²) < 4.78 is 36.2. The molecule has 0 aliphatic carbocycles. The van der Waals surface area contributed by atoms with Gasteiger partial charge in [0.05, 0.1) is 12.8 Å². The fourth-order valence-corrected chi connectivity index (χ4v) is 2.69. The number of hydrogen-bond donors (Lipinski definition) is 0.